The van der Waals surface area contributed by atoms with Crippen LogP contribution in [0, 0.1) is 40.4 Å². The summed E-state index contributed by atoms with van der Waals surface area (Å²) in [5.74, 6) is 0. The van der Waals surface area contributed by atoms with Crippen molar-refractivity contribution in [1.82, 2.24) is 0 Å². The molecule has 30 valence electrons. The number of rotatable bonds is 0. The molecule has 5 heavy (non-hydrogen) atoms. The molecular formula is H2BaCuOSmY. The zero-order chi connectivity index (χ0) is 2.00. The van der Waals surface area contributed by atoms with Crippen LogP contribution in [0.3, 0.4) is 0 Å². The van der Waals surface area contributed by atoms with E-state index in [1.165, 1.54) is 0 Å². The van der Waals surface area contributed by atoms with E-state index in [0.29, 0.717) is 0 Å². The molecule has 0 aliphatic rings. The molecule has 0 aromatic carbocycles. The smallest absolute Gasteiger partial charge is 0 e. The van der Waals surface area contributed by atoms with E-state index in [0.717, 1.165) is 0 Å². The fraction of sp³-hybridized carbons (Fsp3) is 0. The fourth-order valence-corrected chi connectivity index (χ4v) is 0. The molecule has 0 atom stereocenters. The van der Waals surface area contributed by atoms with Crippen LogP contribution in [0.2, 0.25) is 0 Å². The van der Waals surface area contributed by atoms with Crippen LogP contribution in [0.1, 0.15) is 0 Å². The Hall–Kier alpha value is 4.33. The van der Waals surface area contributed by atoms with E-state index in [9.17, 15) is 0 Å². The maximum atomic E-state index is 7.81. The zero-order valence-corrected chi connectivity index (χ0v) is 8.09. The van der Waals surface area contributed by atoms with Crippen molar-refractivity contribution in [3.8, 4) is 0 Å². The van der Waals surface area contributed by atoms with Crippen molar-refractivity contribution >= 4 is 48.9 Å². The van der Waals surface area contributed by atoms with Gasteiger partial charge in [-0.25, -0.2) is 0 Å². The van der Waals surface area contributed by atoms with E-state index < -0.39 is 0 Å². The van der Waals surface area contributed by atoms with Crippen LogP contribution in [0.4, 0.5) is 0 Å². The van der Waals surface area contributed by atoms with Crippen LogP contribution < -0.4 is 0 Å². The molecule has 0 heterocycles. The third-order valence-corrected chi connectivity index (χ3v) is 0. The molecular weight excluding hydrogens is 456 g/mol. The van der Waals surface area contributed by atoms with Gasteiger partial charge >= 0.3 is 68.7 Å². The third-order valence-electron chi connectivity index (χ3n) is 0. The third kappa shape index (κ3) is 17.8. The van der Waals surface area contributed by atoms with E-state index >= 15 is 0 Å². The van der Waals surface area contributed by atoms with Gasteiger partial charge in [-0.15, -0.1) is 0 Å². The average Bonchev–Trinajstić information content (AvgIpc) is 1.00. The van der Waals surface area contributed by atoms with Crippen molar-refractivity contribution in [3.05, 3.63) is 0 Å². The first kappa shape index (κ1) is 22.8. The summed E-state index contributed by atoms with van der Waals surface area (Å²) in [6.45, 7) is 0. The van der Waals surface area contributed by atoms with E-state index in [4.69, 9.17) is 3.83 Å². The summed E-state index contributed by atoms with van der Waals surface area (Å²) >= 11 is 2.94. The summed E-state index contributed by atoms with van der Waals surface area (Å²) in [4.78, 5) is 0. The molecule has 0 unspecified atom stereocenters. The topological polar surface area (TPSA) is 17.1 Å². The van der Waals surface area contributed by atoms with Gasteiger partial charge in [-0.3, -0.25) is 0 Å². The summed E-state index contributed by atoms with van der Waals surface area (Å²) < 4.78 is 7.81. The van der Waals surface area contributed by atoms with Crippen molar-refractivity contribution in [3.63, 3.8) is 0 Å². The van der Waals surface area contributed by atoms with Crippen molar-refractivity contribution in [2.75, 3.05) is 0 Å². The number of hydrogen-bond acceptors (Lipinski definition) is 1. The monoisotopic (exact) mass is 460 g/mol. The Kier molecular flexibility index (Phi) is 109. The second-order valence-corrected chi connectivity index (χ2v) is 0. The van der Waals surface area contributed by atoms with Gasteiger partial charge in [-0.05, 0) is 0 Å². The summed E-state index contributed by atoms with van der Waals surface area (Å²) in [5.41, 5.74) is 0. The molecule has 0 aromatic rings. The van der Waals surface area contributed by atoms with Gasteiger partial charge in [0.25, 0.3) is 0 Å². The molecule has 0 aliphatic heterocycles. The summed E-state index contributed by atoms with van der Waals surface area (Å²) in [6.07, 6.45) is 0. The first-order valence-corrected chi connectivity index (χ1v) is 0.508. The van der Waals surface area contributed by atoms with Gasteiger partial charge in [0.2, 0.25) is 0 Å². The van der Waals surface area contributed by atoms with Gasteiger partial charge in [0, 0.05) is 73.1 Å². The molecule has 0 bridgehead atoms. The van der Waals surface area contributed by atoms with Crippen molar-refractivity contribution < 1.29 is 92.9 Å². The van der Waals surface area contributed by atoms with Gasteiger partial charge in [0.15, 0.2) is 0 Å². The number of hydrogen-bond donors (Lipinski definition) is 0. The summed E-state index contributed by atoms with van der Waals surface area (Å²) in [5, 5.41) is 0. The quantitative estimate of drug-likeness (QED) is 0.425. The van der Waals surface area contributed by atoms with Gasteiger partial charge in [0.1, 0.15) is 0 Å². The minimum Gasteiger partial charge on any atom is 0 e. The molecule has 0 amide bonds. The Labute approximate surface area is 137 Å². The van der Waals surface area contributed by atoms with E-state index in [1.807, 2.05) is 0 Å². The Bertz CT molecular complexity index is 11.6. The Morgan fingerprint density at radius 2 is 1.20 bits per heavy atom. The van der Waals surface area contributed by atoms with Crippen LogP contribution in [-0.4, -0.2) is 48.9 Å². The van der Waals surface area contributed by atoms with Crippen molar-refractivity contribution in [2.45, 2.75) is 0 Å². The zero-order valence-electron chi connectivity index (χ0n) is 1.70. The molecule has 0 saturated heterocycles. The van der Waals surface area contributed by atoms with Gasteiger partial charge in [-0.2, -0.15) is 0 Å². The Morgan fingerprint density at radius 3 is 1.20 bits per heavy atom. The minimum atomic E-state index is 0. The van der Waals surface area contributed by atoms with Gasteiger partial charge < -0.3 is 0 Å². The molecule has 0 saturated carbocycles. The molecule has 5 heteroatoms. The van der Waals surface area contributed by atoms with Gasteiger partial charge in [-0.1, -0.05) is 0 Å². The predicted molar refractivity (Wildman–Crippen MR) is 9.23 cm³/mol. The first-order valence-electron chi connectivity index (χ1n) is 0.123. The fourth-order valence-electron chi connectivity index (χ4n) is 0. The van der Waals surface area contributed by atoms with Crippen molar-refractivity contribution in [1.29, 1.82) is 0 Å². The average molecular weight is 458 g/mol. The van der Waals surface area contributed by atoms with E-state index in [1.54, 1.807) is 0 Å². The minimum absolute atomic E-state index is 0. The molecule has 0 spiro atoms. The van der Waals surface area contributed by atoms with E-state index in [-0.39, 0.29) is 122 Å². The van der Waals surface area contributed by atoms with Gasteiger partial charge in [0.05, 0.1) is 0 Å². The molecule has 0 rings (SSSR count). The van der Waals surface area contributed by atoms with Crippen LogP contribution in [-0.2, 0) is 52.5 Å². The SMILES string of the molecule is [BaH2].[O]=[Cu].[Sm].[Y]. The van der Waals surface area contributed by atoms with Crippen molar-refractivity contribution in [2.24, 2.45) is 0 Å². The maximum Gasteiger partial charge on any atom is 0 e. The predicted octanol–water partition coefficient (Wildman–Crippen LogP) is -1.04. The second kappa shape index (κ2) is 23.9. The maximum absolute atomic E-state index is 7.81. The van der Waals surface area contributed by atoms with E-state index in [2.05, 4.69) is 15.9 Å². The molecule has 1 radical (unpaired) electrons. The molecule has 0 N–H and O–H groups in total. The molecule has 0 fully saturated rings. The molecule has 1 nitrogen and oxygen atoms in total. The van der Waals surface area contributed by atoms with Crippen LogP contribution in [0.15, 0.2) is 0 Å². The Morgan fingerprint density at radius 1 is 1.20 bits per heavy atom. The molecule has 0 aromatic heterocycles. The van der Waals surface area contributed by atoms with Crippen LogP contribution in [0.5, 0.6) is 0 Å². The molecule has 0 aliphatic carbocycles. The largest absolute Gasteiger partial charge is 0 e. The first-order chi connectivity index (χ1) is 1.00. The second-order valence-electron chi connectivity index (χ2n) is 0. The standard InChI is InChI=1S/Ba.Cu.O.Sm.Y.2H. The summed E-state index contributed by atoms with van der Waals surface area (Å²) in [7, 11) is 0. The normalized spacial score (nSPS) is 1.20. The van der Waals surface area contributed by atoms with Crippen LogP contribution >= 0.6 is 0 Å². The summed E-state index contributed by atoms with van der Waals surface area (Å²) in [6, 6.07) is 0. The Balaban J connectivity index is -0.00000000167. The van der Waals surface area contributed by atoms with Crippen LogP contribution in [0.25, 0.3) is 0 Å².